The third-order valence-electron chi connectivity index (χ3n) is 4.54. The minimum Gasteiger partial charge on any atom is -0.296 e. The van der Waals surface area contributed by atoms with E-state index in [0.717, 1.165) is 12.2 Å². The van der Waals surface area contributed by atoms with Gasteiger partial charge in [-0.05, 0) is 49.6 Å². The highest BCUT2D eigenvalue weighted by atomic mass is 15.3. The number of para-hydroxylation sites is 1. The highest BCUT2D eigenvalue weighted by Crippen LogP contribution is 2.20. The zero-order valence-corrected chi connectivity index (χ0v) is 13.8. The monoisotopic (exact) mass is 307 g/mol. The van der Waals surface area contributed by atoms with Crippen LogP contribution >= 0.6 is 0 Å². The number of piperidine rings is 1. The highest BCUT2D eigenvalue weighted by molar-refractivity contribution is 5.82. The SMILES string of the molecule is CC1CCCCN1Cc1ccccc1C=NNc1ccccc1. The summed E-state index contributed by atoms with van der Waals surface area (Å²) in [6, 6.07) is 19.3. The first kappa shape index (κ1) is 15.8. The average molecular weight is 307 g/mol. The lowest BCUT2D eigenvalue weighted by Gasteiger charge is -2.33. The summed E-state index contributed by atoms with van der Waals surface area (Å²) in [5.74, 6) is 0. The molecule has 120 valence electrons. The summed E-state index contributed by atoms with van der Waals surface area (Å²) in [6.07, 6.45) is 5.92. The fourth-order valence-electron chi connectivity index (χ4n) is 3.10. The minimum atomic E-state index is 0.677. The van der Waals surface area contributed by atoms with Crippen molar-refractivity contribution in [2.24, 2.45) is 5.10 Å². The smallest absolute Gasteiger partial charge is 0.0561 e. The number of nitrogens with one attached hydrogen (secondary N) is 1. The molecule has 23 heavy (non-hydrogen) atoms. The molecule has 3 heteroatoms. The molecule has 0 aliphatic carbocycles. The fraction of sp³-hybridized carbons (Fsp3) is 0.350. The zero-order valence-electron chi connectivity index (χ0n) is 13.8. The molecule has 1 unspecified atom stereocenters. The van der Waals surface area contributed by atoms with Crippen molar-refractivity contribution in [1.29, 1.82) is 0 Å². The van der Waals surface area contributed by atoms with Crippen molar-refractivity contribution in [3.63, 3.8) is 0 Å². The highest BCUT2D eigenvalue weighted by Gasteiger charge is 2.18. The molecule has 1 aliphatic rings. The minimum absolute atomic E-state index is 0.677. The van der Waals surface area contributed by atoms with Crippen LogP contribution in [0.5, 0.6) is 0 Å². The van der Waals surface area contributed by atoms with Crippen molar-refractivity contribution in [2.75, 3.05) is 12.0 Å². The van der Waals surface area contributed by atoms with Crippen molar-refractivity contribution in [3.05, 3.63) is 65.7 Å². The Kier molecular flexibility index (Phi) is 5.43. The van der Waals surface area contributed by atoms with Gasteiger partial charge in [0.15, 0.2) is 0 Å². The standard InChI is InChI=1S/C20H25N3/c1-17-9-7-8-14-23(17)16-19-11-6-5-10-18(19)15-21-22-20-12-3-2-4-13-20/h2-6,10-13,15,17,22H,7-9,14,16H2,1H3. The lowest BCUT2D eigenvalue weighted by atomic mass is 10.0. The van der Waals surface area contributed by atoms with Crippen molar-refractivity contribution in [1.82, 2.24) is 4.90 Å². The molecule has 0 amide bonds. The summed E-state index contributed by atoms with van der Waals surface area (Å²) in [6.45, 7) is 4.55. The first-order chi connectivity index (χ1) is 11.3. The van der Waals surface area contributed by atoms with Crippen LogP contribution < -0.4 is 5.43 Å². The number of hydrogen-bond donors (Lipinski definition) is 1. The number of nitrogens with zero attached hydrogens (tertiary/aromatic N) is 2. The molecule has 0 aromatic heterocycles. The molecule has 1 N–H and O–H groups in total. The number of hydrazone groups is 1. The van der Waals surface area contributed by atoms with Crippen molar-refractivity contribution in [2.45, 2.75) is 38.8 Å². The van der Waals surface area contributed by atoms with Gasteiger partial charge >= 0.3 is 0 Å². The maximum absolute atomic E-state index is 4.39. The molecule has 2 aromatic rings. The van der Waals surface area contributed by atoms with E-state index in [1.165, 1.54) is 36.9 Å². The first-order valence-corrected chi connectivity index (χ1v) is 8.49. The van der Waals surface area contributed by atoms with Crippen LogP contribution in [0.1, 0.15) is 37.3 Å². The lowest BCUT2D eigenvalue weighted by Crippen LogP contribution is -2.36. The quantitative estimate of drug-likeness (QED) is 0.650. The third-order valence-corrected chi connectivity index (χ3v) is 4.54. The van der Waals surface area contributed by atoms with Crippen LogP contribution in [-0.4, -0.2) is 23.7 Å². The largest absolute Gasteiger partial charge is 0.296 e. The summed E-state index contributed by atoms with van der Waals surface area (Å²) >= 11 is 0. The van der Waals surface area contributed by atoms with E-state index in [1.54, 1.807) is 0 Å². The van der Waals surface area contributed by atoms with E-state index in [9.17, 15) is 0 Å². The molecule has 1 aliphatic heterocycles. The summed E-state index contributed by atoms with van der Waals surface area (Å²) in [5.41, 5.74) is 6.63. The van der Waals surface area contributed by atoms with Gasteiger partial charge < -0.3 is 0 Å². The van der Waals surface area contributed by atoms with Crippen LogP contribution in [0.15, 0.2) is 59.7 Å². The Morgan fingerprint density at radius 1 is 1.09 bits per heavy atom. The van der Waals surface area contributed by atoms with E-state index in [4.69, 9.17) is 0 Å². The van der Waals surface area contributed by atoms with Gasteiger partial charge in [-0.15, -0.1) is 0 Å². The zero-order chi connectivity index (χ0) is 15.9. The van der Waals surface area contributed by atoms with Crippen molar-refractivity contribution < 1.29 is 0 Å². The molecule has 1 fully saturated rings. The van der Waals surface area contributed by atoms with Gasteiger partial charge in [0.2, 0.25) is 0 Å². The Hall–Kier alpha value is -2.13. The van der Waals surface area contributed by atoms with Gasteiger partial charge in [-0.25, -0.2) is 0 Å². The summed E-state index contributed by atoms with van der Waals surface area (Å²) in [4.78, 5) is 2.58. The van der Waals surface area contributed by atoms with Gasteiger partial charge in [0.05, 0.1) is 11.9 Å². The maximum Gasteiger partial charge on any atom is 0.0561 e. The Labute approximate surface area is 139 Å². The molecule has 0 saturated carbocycles. The van der Waals surface area contributed by atoms with E-state index in [1.807, 2.05) is 36.5 Å². The predicted molar refractivity (Wildman–Crippen MR) is 97.8 cm³/mol. The van der Waals surface area contributed by atoms with Gasteiger partial charge in [0.1, 0.15) is 0 Å². The Bertz CT molecular complexity index is 636. The van der Waals surface area contributed by atoms with E-state index in [2.05, 4.69) is 46.6 Å². The molecule has 0 radical (unpaired) electrons. The molecule has 1 heterocycles. The van der Waals surface area contributed by atoms with Crippen LogP contribution in [0.25, 0.3) is 0 Å². The van der Waals surface area contributed by atoms with Crippen LogP contribution in [0.4, 0.5) is 5.69 Å². The van der Waals surface area contributed by atoms with Gasteiger partial charge in [-0.2, -0.15) is 5.10 Å². The van der Waals surface area contributed by atoms with Crippen molar-refractivity contribution in [3.8, 4) is 0 Å². The molecule has 1 atom stereocenters. The fourth-order valence-corrected chi connectivity index (χ4v) is 3.10. The molecular weight excluding hydrogens is 282 g/mol. The molecule has 3 rings (SSSR count). The summed E-state index contributed by atoms with van der Waals surface area (Å²) in [7, 11) is 0. The van der Waals surface area contributed by atoms with E-state index in [0.29, 0.717) is 6.04 Å². The average Bonchev–Trinajstić information content (AvgIpc) is 2.59. The van der Waals surface area contributed by atoms with E-state index >= 15 is 0 Å². The van der Waals surface area contributed by atoms with E-state index < -0.39 is 0 Å². The van der Waals surface area contributed by atoms with Crippen LogP contribution in [0, 0.1) is 0 Å². The number of likely N-dealkylation sites (tertiary alicyclic amines) is 1. The first-order valence-electron chi connectivity index (χ1n) is 8.49. The molecule has 1 saturated heterocycles. The second-order valence-electron chi connectivity index (χ2n) is 6.25. The molecule has 0 spiro atoms. The predicted octanol–water partition coefficient (Wildman–Crippen LogP) is 4.51. The molecule has 3 nitrogen and oxygen atoms in total. The number of benzene rings is 2. The third kappa shape index (κ3) is 4.42. The van der Waals surface area contributed by atoms with Crippen LogP contribution in [0.2, 0.25) is 0 Å². The number of anilines is 1. The second-order valence-corrected chi connectivity index (χ2v) is 6.25. The van der Waals surface area contributed by atoms with Crippen LogP contribution in [0.3, 0.4) is 0 Å². The number of hydrogen-bond acceptors (Lipinski definition) is 3. The van der Waals surface area contributed by atoms with Gasteiger partial charge in [-0.3, -0.25) is 10.3 Å². The van der Waals surface area contributed by atoms with Gasteiger partial charge in [0.25, 0.3) is 0 Å². The van der Waals surface area contributed by atoms with Gasteiger partial charge in [-0.1, -0.05) is 48.9 Å². The maximum atomic E-state index is 4.39. The molecular formula is C20H25N3. The Morgan fingerprint density at radius 2 is 1.87 bits per heavy atom. The second kappa shape index (κ2) is 7.93. The normalized spacial score (nSPS) is 19.1. The Morgan fingerprint density at radius 3 is 2.70 bits per heavy atom. The summed E-state index contributed by atoms with van der Waals surface area (Å²) in [5, 5.41) is 4.39. The number of rotatable bonds is 5. The topological polar surface area (TPSA) is 27.6 Å². The lowest BCUT2D eigenvalue weighted by molar-refractivity contribution is 0.152. The summed E-state index contributed by atoms with van der Waals surface area (Å²) < 4.78 is 0. The molecule has 2 aromatic carbocycles. The van der Waals surface area contributed by atoms with Gasteiger partial charge in [0, 0.05) is 12.6 Å². The Balaban J connectivity index is 1.67. The van der Waals surface area contributed by atoms with Crippen LogP contribution in [-0.2, 0) is 6.54 Å². The molecule has 0 bridgehead atoms. The van der Waals surface area contributed by atoms with Crippen molar-refractivity contribution >= 4 is 11.9 Å². The van der Waals surface area contributed by atoms with E-state index in [-0.39, 0.29) is 0 Å².